The van der Waals surface area contributed by atoms with Crippen LogP contribution in [0.25, 0.3) is 11.0 Å². The molecule has 1 aromatic carbocycles. The first-order valence-electron chi connectivity index (χ1n) is 10.7. The third kappa shape index (κ3) is 4.34. The van der Waals surface area contributed by atoms with E-state index in [1.54, 1.807) is 24.7 Å². The molecule has 0 spiro atoms. The molecule has 0 bridgehead atoms. The molecule has 1 saturated heterocycles. The number of likely N-dealkylation sites (N-methyl/N-ethyl adjacent to an activating group) is 1. The molecule has 2 atom stereocenters. The number of aromatic carboxylic acids is 1. The molecule has 10 heteroatoms. The van der Waals surface area contributed by atoms with E-state index in [1.807, 2.05) is 30.3 Å². The number of rotatable bonds is 5. The lowest BCUT2D eigenvalue weighted by Gasteiger charge is -2.25. The molecule has 1 fully saturated rings. The van der Waals surface area contributed by atoms with Gasteiger partial charge in [0, 0.05) is 33.0 Å². The molecule has 0 aliphatic carbocycles. The Hall–Kier alpha value is -4.21. The third-order valence-electron chi connectivity index (χ3n) is 5.86. The summed E-state index contributed by atoms with van der Waals surface area (Å²) in [4.78, 5) is 57.2. The maximum Gasteiger partial charge on any atom is 0.410 e. The fourth-order valence-electron chi connectivity index (χ4n) is 4.17. The lowest BCUT2D eigenvalue weighted by atomic mass is 10.1. The van der Waals surface area contributed by atoms with Gasteiger partial charge >= 0.3 is 12.1 Å². The summed E-state index contributed by atoms with van der Waals surface area (Å²) in [7, 11) is 3.20. The number of amides is 2. The predicted molar refractivity (Wildman–Crippen MR) is 122 cm³/mol. The first kappa shape index (κ1) is 23.0. The van der Waals surface area contributed by atoms with Crippen LogP contribution in [0.1, 0.15) is 28.4 Å². The molecular formula is C24H24N4O6. The number of carboxylic acid groups (broad SMARTS) is 1. The topological polar surface area (TPSA) is 122 Å². The molecule has 2 amide bonds. The first-order valence-corrected chi connectivity index (χ1v) is 10.7. The van der Waals surface area contributed by atoms with Gasteiger partial charge in [0.1, 0.15) is 23.9 Å². The maximum atomic E-state index is 13.0. The Morgan fingerprint density at radius 2 is 1.88 bits per heavy atom. The molecule has 3 heterocycles. The van der Waals surface area contributed by atoms with Crippen molar-refractivity contribution in [3.8, 4) is 0 Å². The summed E-state index contributed by atoms with van der Waals surface area (Å²) in [5.41, 5.74) is 0.0628. The number of hydrogen-bond donors (Lipinski definition) is 1. The van der Waals surface area contributed by atoms with Crippen LogP contribution in [0.5, 0.6) is 0 Å². The fraction of sp³-hybridized carbons (Fsp3) is 0.292. The molecular weight excluding hydrogens is 440 g/mol. The summed E-state index contributed by atoms with van der Waals surface area (Å²) in [6.45, 7) is 0.140. The molecule has 176 valence electrons. The molecule has 1 N–H and O–H groups in total. The van der Waals surface area contributed by atoms with E-state index in [0.717, 1.165) is 5.56 Å². The number of aromatic nitrogens is 2. The van der Waals surface area contributed by atoms with E-state index in [2.05, 4.69) is 4.98 Å². The van der Waals surface area contributed by atoms with Crippen LogP contribution in [0.4, 0.5) is 4.79 Å². The minimum Gasteiger partial charge on any atom is -0.477 e. The highest BCUT2D eigenvalue weighted by Gasteiger charge is 2.42. The van der Waals surface area contributed by atoms with Gasteiger partial charge in [-0.05, 0) is 24.1 Å². The average molecular weight is 464 g/mol. The molecule has 3 aromatic rings. The second-order valence-corrected chi connectivity index (χ2v) is 8.29. The van der Waals surface area contributed by atoms with Gasteiger partial charge in [-0.3, -0.25) is 14.5 Å². The number of hydrogen-bond acceptors (Lipinski definition) is 6. The van der Waals surface area contributed by atoms with Crippen molar-refractivity contribution < 1.29 is 24.2 Å². The van der Waals surface area contributed by atoms with Crippen molar-refractivity contribution in [1.82, 2.24) is 19.4 Å². The number of carboxylic acids is 1. The number of likely N-dealkylation sites (tertiary alicyclic amines) is 1. The third-order valence-corrected chi connectivity index (χ3v) is 5.86. The lowest BCUT2D eigenvalue weighted by molar-refractivity contribution is -0.133. The van der Waals surface area contributed by atoms with Crippen LogP contribution >= 0.6 is 0 Å². The van der Waals surface area contributed by atoms with Gasteiger partial charge < -0.3 is 19.3 Å². The quantitative estimate of drug-likeness (QED) is 0.614. The molecule has 34 heavy (non-hydrogen) atoms. The summed E-state index contributed by atoms with van der Waals surface area (Å²) in [6.07, 6.45) is 2.30. The zero-order valence-corrected chi connectivity index (χ0v) is 18.7. The van der Waals surface area contributed by atoms with Gasteiger partial charge in [-0.25, -0.2) is 14.6 Å². The van der Waals surface area contributed by atoms with Crippen LogP contribution in [0.3, 0.4) is 0 Å². The van der Waals surface area contributed by atoms with Crippen LogP contribution in [0.15, 0.2) is 59.7 Å². The number of benzene rings is 1. The summed E-state index contributed by atoms with van der Waals surface area (Å²) in [5, 5.41) is 9.70. The Bertz CT molecular complexity index is 1300. The smallest absolute Gasteiger partial charge is 0.410 e. The van der Waals surface area contributed by atoms with Crippen molar-refractivity contribution in [2.45, 2.75) is 25.1 Å². The Balaban J connectivity index is 1.69. The van der Waals surface area contributed by atoms with Gasteiger partial charge in [0.2, 0.25) is 11.3 Å². The van der Waals surface area contributed by atoms with Gasteiger partial charge in [-0.2, -0.15) is 0 Å². The number of ether oxygens (including phenoxy) is 1. The molecule has 0 unspecified atom stereocenters. The molecule has 4 rings (SSSR count). The van der Waals surface area contributed by atoms with Crippen molar-refractivity contribution in [3.63, 3.8) is 0 Å². The lowest BCUT2D eigenvalue weighted by Crippen LogP contribution is -2.45. The standard InChI is InChI=1S/C24H24N4O6/c1-26(2)22(30)19-11-16(12-28(19)24(33)34-14-15-7-4-3-5-8-15)27-13-18(23(31)32)20(29)17-9-6-10-25-21(17)27/h3-10,13,16,19H,11-12,14H2,1-2H3,(H,31,32)/t16-,19-/m0/s1. The normalized spacial score (nSPS) is 17.5. The molecule has 2 aromatic heterocycles. The summed E-state index contributed by atoms with van der Waals surface area (Å²) >= 11 is 0. The Kier molecular flexibility index (Phi) is 6.31. The maximum absolute atomic E-state index is 13.0. The van der Waals surface area contributed by atoms with E-state index in [-0.39, 0.29) is 36.5 Å². The molecule has 10 nitrogen and oxygen atoms in total. The minimum atomic E-state index is -1.36. The second-order valence-electron chi connectivity index (χ2n) is 8.29. The van der Waals surface area contributed by atoms with Gasteiger partial charge in [0.05, 0.1) is 11.4 Å². The summed E-state index contributed by atoms with van der Waals surface area (Å²) in [6, 6.07) is 10.9. The Labute approximate surface area is 195 Å². The van der Waals surface area contributed by atoms with Gasteiger partial charge in [-0.1, -0.05) is 30.3 Å². The van der Waals surface area contributed by atoms with E-state index >= 15 is 0 Å². The van der Waals surface area contributed by atoms with Gasteiger partial charge in [0.15, 0.2) is 0 Å². The van der Waals surface area contributed by atoms with E-state index in [4.69, 9.17) is 4.74 Å². The van der Waals surface area contributed by atoms with E-state index in [1.165, 1.54) is 28.3 Å². The number of carbonyl (C=O) groups excluding carboxylic acids is 2. The van der Waals surface area contributed by atoms with Crippen molar-refractivity contribution in [2.24, 2.45) is 0 Å². The van der Waals surface area contributed by atoms with E-state index in [9.17, 15) is 24.3 Å². The molecule has 1 aliphatic rings. The zero-order chi connectivity index (χ0) is 24.4. The monoisotopic (exact) mass is 464 g/mol. The van der Waals surface area contributed by atoms with E-state index in [0.29, 0.717) is 0 Å². The highest BCUT2D eigenvalue weighted by molar-refractivity contribution is 5.92. The van der Waals surface area contributed by atoms with Gasteiger partial charge in [-0.15, -0.1) is 0 Å². The van der Waals surface area contributed by atoms with Crippen molar-refractivity contribution in [3.05, 3.63) is 76.2 Å². The summed E-state index contributed by atoms with van der Waals surface area (Å²) in [5.74, 6) is -1.64. The first-order chi connectivity index (χ1) is 16.3. The second kappa shape index (κ2) is 9.34. The predicted octanol–water partition coefficient (Wildman–Crippen LogP) is 2.14. The molecule has 0 radical (unpaired) electrons. The Morgan fingerprint density at radius 3 is 2.56 bits per heavy atom. The van der Waals surface area contributed by atoms with Crippen LogP contribution in [0.2, 0.25) is 0 Å². The van der Waals surface area contributed by atoms with E-state index < -0.39 is 35.1 Å². The number of carbonyl (C=O) groups is 3. The zero-order valence-electron chi connectivity index (χ0n) is 18.7. The van der Waals surface area contributed by atoms with Crippen molar-refractivity contribution in [2.75, 3.05) is 20.6 Å². The SMILES string of the molecule is CN(C)C(=O)[C@@H]1C[C@H](n2cc(C(=O)O)c(=O)c3cccnc32)CN1C(=O)OCc1ccccc1. The van der Waals surface area contributed by atoms with Crippen LogP contribution in [-0.2, 0) is 16.1 Å². The molecule has 0 saturated carbocycles. The van der Waals surface area contributed by atoms with Crippen LogP contribution in [0, 0.1) is 0 Å². The minimum absolute atomic E-state index is 0.0510. The van der Waals surface area contributed by atoms with Crippen molar-refractivity contribution >= 4 is 29.0 Å². The number of fused-ring (bicyclic) bond motifs is 1. The Morgan fingerprint density at radius 1 is 1.15 bits per heavy atom. The highest BCUT2D eigenvalue weighted by atomic mass is 16.6. The van der Waals surface area contributed by atoms with Gasteiger partial charge in [0.25, 0.3) is 0 Å². The average Bonchev–Trinajstić information content (AvgIpc) is 3.28. The molecule has 1 aliphatic heterocycles. The fourth-order valence-corrected chi connectivity index (χ4v) is 4.17. The van der Waals surface area contributed by atoms with Crippen molar-refractivity contribution in [1.29, 1.82) is 0 Å². The number of pyridine rings is 2. The highest BCUT2D eigenvalue weighted by Crippen LogP contribution is 2.31. The number of nitrogens with zero attached hydrogens (tertiary/aromatic N) is 4. The largest absolute Gasteiger partial charge is 0.477 e. The van der Waals surface area contributed by atoms with Crippen LogP contribution in [-0.4, -0.2) is 69.1 Å². The summed E-state index contributed by atoms with van der Waals surface area (Å²) < 4.78 is 7.04. The van der Waals surface area contributed by atoms with Crippen LogP contribution < -0.4 is 5.43 Å².